The van der Waals surface area contributed by atoms with Gasteiger partial charge in [0.15, 0.2) is 0 Å². The molecule has 1 aromatic carbocycles. The molecule has 1 unspecified atom stereocenters. The molecule has 0 aromatic heterocycles. The van der Waals surface area contributed by atoms with Crippen molar-refractivity contribution >= 4 is 21.9 Å². The second kappa shape index (κ2) is 6.29. The van der Waals surface area contributed by atoms with Gasteiger partial charge >= 0.3 is 5.97 Å². The number of nitrogens with one attached hydrogen (secondary N) is 1. The van der Waals surface area contributed by atoms with Crippen molar-refractivity contribution in [3.05, 3.63) is 34.1 Å². The van der Waals surface area contributed by atoms with E-state index in [-0.39, 0.29) is 5.82 Å². The van der Waals surface area contributed by atoms with Gasteiger partial charge in [-0.05, 0) is 47.0 Å². The van der Waals surface area contributed by atoms with E-state index in [4.69, 9.17) is 0 Å². The van der Waals surface area contributed by atoms with Crippen LogP contribution in [0.1, 0.15) is 32.3 Å². The van der Waals surface area contributed by atoms with Crippen LogP contribution in [0, 0.1) is 5.82 Å². The summed E-state index contributed by atoms with van der Waals surface area (Å²) < 4.78 is 13.7. The molecular weight excluding hydrogens is 301 g/mol. The Balaban J connectivity index is 2.73. The molecule has 1 aromatic rings. The molecule has 18 heavy (non-hydrogen) atoms. The first-order chi connectivity index (χ1) is 8.39. The zero-order chi connectivity index (χ0) is 13.8. The summed E-state index contributed by atoms with van der Waals surface area (Å²) in [4.78, 5) is 11.2. The lowest BCUT2D eigenvalue weighted by Crippen LogP contribution is -2.48. The smallest absolute Gasteiger partial charge is 0.323 e. The largest absolute Gasteiger partial charge is 0.480 e. The highest BCUT2D eigenvalue weighted by molar-refractivity contribution is 9.10. The fraction of sp³-hybridized carbons (Fsp3) is 0.462. The van der Waals surface area contributed by atoms with Gasteiger partial charge in [0.2, 0.25) is 0 Å². The maximum absolute atomic E-state index is 13.3. The van der Waals surface area contributed by atoms with E-state index in [1.54, 1.807) is 19.1 Å². The van der Waals surface area contributed by atoms with E-state index in [9.17, 15) is 14.3 Å². The van der Waals surface area contributed by atoms with E-state index in [2.05, 4.69) is 21.2 Å². The van der Waals surface area contributed by atoms with E-state index in [1.165, 1.54) is 6.07 Å². The van der Waals surface area contributed by atoms with Gasteiger partial charge < -0.3 is 5.11 Å². The number of carboxylic acids is 1. The number of rotatable bonds is 6. The molecule has 100 valence electrons. The summed E-state index contributed by atoms with van der Waals surface area (Å²) >= 11 is 3.08. The SMILES string of the molecule is CCCC(C)(NCc1ccc(Br)c(F)c1)C(=O)O. The standard InChI is InChI=1S/C13H17BrFNO2/c1-3-6-13(2,12(17)18)16-8-9-4-5-10(14)11(15)7-9/h4-5,7,16H,3,6,8H2,1-2H3,(H,17,18). The van der Waals surface area contributed by atoms with Gasteiger partial charge in [-0.25, -0.2) is 4.39 Å². The minimum absolute atomic E-state index is 0.326. The van der Waals surface area contributed by atoms with Crippen molar-refractivity contribution in [1.82, 2.24) is 5.32 Å². The number of halogens is 2. The molecule has 0 aliphatic rings. The summed E-state index contributed by atoms with van der Waals surface area (Å²) in [6.07, 6.45) is 1.30. The summed E-state index contributed by atoms with van der Waals surface area (Å²) in [6, 6.07) is 4.77. The Morgan fingerprint density at radius 3 is 2.72 bits per heavy atom. The number of benzene rings is 1. The van der Waals surface area contributed by atoms with Crippen LogP contribution in [-0.2, 0) is 11.3 Å². The van der Waals surface area contributed by atoms with Crippen molar-refractivity contribution in [1.29, 1.82) is 0 Å². The van der Waals surface area contributed by atoms with Crippen LogP contribution in [-0.4, -0.2) is 16.6 Å². The number of hydrogen-bond acceptors (Lipinski definition) is 2. The Bertz CT molecular complexity index is 439. The third-order valence-corrected chi connectivity index (χ3v) is 3.53. The highest BCUT2D eigenvalue weighted by atomic mass is 79.9. The van der Waals surface area contributed by atoms with Crippen LogP contribution in [0.25, 0.3) is 0 Å². The predicted molar refractivity (Wildman–Crippen MR) is 71.9 cm³/mol. The van der Waals surface area contributed by atoms with Crippen molar-refractivity contribution in [2.45, 2.75) is 38.8 Å². The quantitative estimate of drug-likeness (QED) is 0.846. The lowest BCUT2D eigenvalue weighted by molar-refractivity contribution is -0.144. The van der Waals surface area contributed by atoms with E-state index >= 15 is 0 Å². The summed E-state index contributed by atoms with van der Waals surface area (Å²) in [6.45, 7) is 3.91. The fourth-order valence-electron chi connectivity index (χ4n) is 1.72. The predicted octanol–water partition coefficient (Wildman–Crippen LogP) is 3.32. The van der Waals surface area contributed by atoms with Crippen LogP contribution in [0.4, 0.5) is 4.39 Å². The third kappa shape index (κ3) is 3.78. The summed E-state index contributed by atoms with van der Waals surface area (Å²) in [7, 11) is 0. The van der Waals surface area contributed by atoms with Crippen LogP contribution in [0.3, 0.4) is 0 Å². The number of carbonyl (C=O) groups is 1. The van der Waals surface area contributed by atoms with Crippen LogP contribution in [0.2, 0.25) is 0 Å². The van der Waals surface area contributed by atoms with Crippen LogP contribution >= 0.6 is 15.9 Å². The van der Waals surface area contributed by atoms with Gasteiger partial charge in [-0.1, -0.05) is 19.4 Å². The first kappa shape index (κ1) is 15.1. The molecule has 3 nitrogen and oxygen atoms in total. The second-order valence-corrected chi connectivity index (χ2v) is 5.34. The van der Waals surface area contributed by atoms with Gasteiger partial charge in [0, 0.05) is 6.54 Å². The topological polar surface area (TPSA) is 49.3 Å². The van der Waals surface area contributed by atoms with Crippen molar-refractivity contribution in [2.24, 2.45) is 0 Å². The van der Waals surface area contributed by atoms with Gasteiger partial charge in [0.05, 0.1) is 4.47 Å². The van der Waals surface area contributed by atoms with Gasteiger partial charge in [-0.2, -0.15) is 0 Å². The average Bonchev–Trinajstić information content (AvgIpc) is 2.31. The molecule has 0 saturated heterocycles. The summed E-state index contributed by atoms with van der Waals surface area (Å²) in [5, 5.41) is 12.2. The molecule has 0 bridgehead atoms. The molecule has 0 spiro atoms. The molecule has 1 rings (SSSR count). The molecule has 0 radical (unpaired) electrons. The third-order valence-electron chi connectivity index (χ3n) is 2.89. The molecule has 0 aliphatic heterocycles. The highest BCUT2D eigenvalue weighted by Gasteiger charge is 2.31. The zero-order valence-corrected chi connectivity index (χ0v) is 12.1. The van der Waals surface area contributed by atoms with E-state index in [0.717, 1.165) is 12.0 Å². The van der Waals surface area contributed by atoms with E-state index in [1.807, 2.05) is 6.92 Å². The van der Waals surface area contributed by atoms with Gasteiger partial charge in [-0.15, -0.1) is 0 Å². The normalized spacial score (nSPS) is 14.2. The second-order valence-electron chi connectivity index (χ2n) is 4.49. The van der Waals surface area contributed by atoms with Crippen LogP contribution in [0.15, 0.2) is 22.7 Å². The van der Waals surface area contributed by atoms with E-state index in [0.29, 0.717) is 17.4 Å². The summed E-state index contributed by atoms with van der Waals surface area (Å²) in [5.74, 6) is -1.23. The number of hydrogen-bond donors (Lipinski definition) is 2. The molecule has 0 saturated carbocycles. The fourth-order valence-corrected chi connectivity index (χ4v) is 1.96. The van der Waals surface area contributed by atoms with Gasteiger partial charge in [-0.3, -0.25) is 10.1 Å². The number of carboxylic acid groups (broad SMARTS) is 1. The Labute approximate surface area is 115 Å². The molecule has 0 aliphatic carbocycles. The first-order valence-electron chi connectivity index (χ1n) is 5.81. The lowest BCUT2D eigenvalue weighted by Gasteiger charge is -2.26. The monoisotopic (exact) mass is 317 g/mol. The molecular formula is C13H17BrFNO2. The van der Waals surface area contributed by atoms with Crippen molar-refractivity contribution in [3.8, 4) is 0 Å². The Morgan fingerprint density at radius 2 is 2.22 bits per heavy atom. The summed E-state index contributed by atoms with van der Waals surface area (Å²) in [5.41, 5.74) is -0.252. The molecule has 5 heteroatoms. The molecule has 0 heterocycles. The lowest BCUT2D eigenvalue weighted by atomic mass is 9.96. The van der Waals surface area contributed by atoms with Gasteiger partial charge in [0.25, 0.3) is 0 Å². The van der Waals surface area contributed by atoms with Crippen molar-refractivity contribution in [3.63, 3.8) is 0 Å². The zero-order valence-electron chi connectivity index (χ0n) is 10.5. The minimum atomic E-state index is -0.974. The van der Waals surface area contributed by atoms with Crippen molar-refractivity contribution < 1.29 is 14.3 Å². The Morgan fingerprint density at radius 1 is 1.56 bits per heavy atom. The molecule has 0 fully saturated rings. The van der Waals surface area contributed by atoms with Crippen molar-refractivity contribution in [2.75, 3.05) is 0 Å². The van der Waals surface area contributed by atoms with Crippen LogP contribution in [0.5, 0.6) is 0 Å². The van der Waals surface area contributed by atoms with E-state index < -0.39 is 11.5 Å². The number of aliphatic carboxylic acids is 1. The Hall–Kier alpha value is -0.940. The molecule has 2 N–H and O–H groups in total. The molecule has 0 amide bonds. The first-order valence-corrected chi connectivity index (χ1v) is 6.60. The maximum atomic E-state index is 13.3. The van der Waals surface area contributed by atoms with Gasteiger partial charge in [0.1, 0.15) is 11.4 Å². The average molecular weight is 318 g/mol. The highest BCUT2D eigenvalue weighted by Crippen LogP contribution is 2.18. The maximum Gasteiger partial charge on any atom is 0.323 e. The minimum Gasteiger partial charge on any atom is -0.480 e. The Kier molecular flexibility index (Phi) is 5.28. The van der Waals surface area contributed by atoms with Crippen LogP contribution < -0.4 is 5.32 Å². The molecule has 1 atom stereocenters.